The van der Waals surface area contributed by atoms with Crippen LogP contribution in [0.4, 0.5) is 0 Å². The number of hydrogen-bond donors (Lipinski definition) is 1. The molecule has 1 N–H and O–H groups in total. The standard InChI is InChI=1S/C34H32O7/c1-19-24(36-2)17-26-28(31(19)38-4)30-29-27(41-34(40-26,33(30)35)21-13-9-6-10-14-21)18-25(37-3)22-15-16-23(39-32(22)29)20-11-7-5-8-12-20/h5-14,17-18,23,30,33,35H,15-16H2,1-4H3/t23-,30+,33+,34-/m0/s1. The van der Waals surface area contributed by atoms with Gasteiger partial charge in [-0.3, -0.25) is 0 Å². The lowest BCUT2D eigenvalue weighted by Gasteiger charge is -2.50. The molecule has 7 nitrogen and oxygen atoms in total. The summed E-state index contributed by atoms with van der Waals surface area (Å²) in [7, 11) is 4.89. The fourth-order valence-electron chi connectivity index (χ4n) is 6.67. The number of fused-ring (bicyclic) bond motifs is 8. The van der Waals surface area contributed by atoms with E-state index < -0.39 is 17.8 Å². The molecule has 0 saturated carbocycles. The van der Waals surface area contributed by atoms with Crippen LogP contribution in [0.25, 0.3) is 0 Å². The maximum atomic E-state index is 12.3. The van der Waals surface area contributed by atoms with Crippen LogP contribution in [-0.4, -0.2) is 32.5 Å². The van der Waals surface area contributed by atoms with Crippen molar-refractivity contribution in [2.24, 2.45) is 0 Å². The van der Waals surface area contributed by atoms with Crippen molar-refractivity contribution in [1.82, 2.24) is 0 Å². The molecule has 0 saturated heterocycles. The summed E-state index contributed by atoms with van der Waals surface area (Å²) in [5.41, 5.74) is 5.04. The first kappa shape index (κ1) is 25.6. The molecular formula is C34H32O7. The van der Waals surface area contributed by atoms with E-state index >= 15 is 0 Å². The summed E-state index contributed by atoms with van der Waals surface area (Å²) in [6.45, 7) is 1.94. The number of benzene rings is 4. The summed E-state index contributed by atoms with van der Waals surface area (Å²) in [6.07, 6.45) is 0.273. The summed E-state index contributed by atoms with van der Waals surface area (Å²) in [5, 5.41) is 12.3. The Morgan fingerprint density at radius 2 is 1.44 bits per heavy atom. The summed E-state index contributed by atoms with van der Waals surface area (Å²) < 4.78 is 37.8. The largest absolute Gasteiger partial charge is 0.496 e. The molecule has 4 aromatic rings. The molecule has 0 amide bonds. The van der Waals surface area contributed by atoms with Crippen molar-refractivity contribution < 1.29 is 33.5 Å². The van der Waals surface area contributed by atoms with Crippen LogP contribution in [0.2, 0.25) is 0 Å². The lowest BCUT2D eigenvalue weighted by molar-refractivity contribution is -0.218. The Morgan fingerprint density at radius 1 is 0.805 bits per heavy atom. The quantitative estimate of drug-likeness (QED) is 0.315. The van der Waals surface area contributed by atoms with E-state index in [1.807, 2.05) is 67.6 Å². The van der Waals surface area contributed by atoms with Crippen LogP contribution < -0.4 is 28.4 Å². The van der Waals surface area contributed by atoms with Crippen LogP contribution >= 0.6 is 0 Å². The molecule has 0 radical (unpaired) electrons. The zero-order valence-electron chi connectivity index (χ0n) is 23.5. The first-order chi connectivity index (χ1) is 20.0. The highest BCUT2D eigenvalue weighted by atomic mass is 16.7. The number of aliphatic hydroxyl groups excluding tert-OH is 1. The first-order valence-corrected chi connectivity index (χ1v) is 13.8. The van der Waals surface area contributed by atoms with Crippen molar-refractivity contribution in [3.63, 3.8) is 0 Å². The van der Waals surface area contributed by atoms with Gasteiger partial charge in [-0.15, -0.1) is 0 Å². The van der Waals surface area contributed by atoms with E-state index in [0.717, 1.165) is 40.7 Å². The molecule has 0 fully saturated rings. The van der Waals surface area contributed by atoms with Crippen molar-refractivity contribution in [2.75, 3.05) is 21.3 Å². The van der Waals surface area contributed by atoms with Crippen LogP contribution in [-0.2, 0) is 12.2 Å². The normalized spacial score (nSPS) is 23.5. The second-order valence-electron chi connectivity index (χ2n) is 10.7. The minimum Gasteiger partial charge on any atom is -0.496 e. The fraction of sp³-hybridized carbons (Fsp3) is 0.294. The molecule has 7 rings (SSSR count). The smallest absolute Gasteiger partial charge is 0.305 e. The molecular weight excluding hydrogens is 520 g/mol. The molecule has 0 unspecified atom stereocenters. The van der Waals surface area contributed by atoms with E-state index in [9.17, 15) is 5.11 Å². The lowest BCUT2D eigenvalue weighted by Crippen LogP contribution is -2.57. The number of methoxy groups -OCH3 is 3. The summed E-state index contributed by atoms with van der Waals surface area (Å²) in [4.78, 5) is 0. The third-order valence-electron chi connectivity index (χ3n) is 8.58. The molecule has 4 atom stereocenters. The lowest BCUT2D eigenvalue weighted by atomic mass is 9.74. The minimum atomic E-state index is -1.52. The highest BCUT2D eigenvalue weighted by molar-refractivity contribution is 5.69. The fourth-order valence-corrected chi connectivity index (χ4v) is 6.67. The van der Waals surface area contributed by atoms with Crippen molar-refractivity contribution in [3.05, 3.63) is 106 Å². The zero-order valence-corrected chi connectivity index (χ0v) is 23.5. The molecule has 3 aliphatic heterocycles. The molecule has 7 heteroatoms. The monoisotopic (exact) mass is 552 g/mol. The van der Waals surface area contributed by atoms with Crippen molar-refractivity contribution in [2.45, 2.75) is 43.7 Å². The number of rotatable bonds is 5. The van der Waals surface area contributed by atoms with Crippen LogP contribution in [0.1, 0.15) is 51.8 Å². The molecule has 3 heterocycles. The first-order valence-electron chi connectivity index (χ1n) is 13.8. The van der Waals surface area contributed by atoms with Crippen LogP contribution in [0, 0.1) is 6.92 Å². The molecule has 0 aliphatic carbocycles. The third-order valence-corrected chi connectivity index (χ3v) is 8.58. The van der Waals surface area contributed by atoms with Gasteiger partial charge < -0.3 is 33.5 Å². The van der Waals surface area contributed by atoms with Gasteiger partial charge in [0.2, 0.25) is 0 Å². The van der Waals surface area contributed by atoms with Crippen LogP contribution in [0.5, 0.6) is 34.5 Å². The van der Waals surface area contributed by atoms with Crippen molar-refractivity contribution in [3.8, 4) is 34.5 Å². The van der Waals surface area contributed by atoms with Gasteiger partial charge in [-0.05, 0) is 25.3 Å². The van der Waals surface area contributed by atoms with E-state index in [1.165, 1.54) is 0 Å². The maximum absolute atomic E-state index is 12.3. The summed E-state index contributed by atoms with van der Waals surface area (Å²) in [6, 6.07) is 23.5. The van der Waals surface area contributed by atoms with Gasteiger partial charge in [0.15, 0.2) is 0 Å². The SMILES string of the molecule is COc1cc2c(c(OC)c1C)[C@@H]1c3c(cc(OC)c4c3O[C@H](c3ccccc3)CC4)O[C@](c3ccccc3)(O2)[C@@H]1O. The van der Waals surface area contributed by atoms with E-state index in [-0.39, 0.29) is 6.10 Å². The Morgan fingerprint density at radius 3 is 2.10 bits per heavy atom. The molecule has 41 heavy (non-hydrogen) atoms. The summed E-state index contributed by atoms with van der Waals surface area (Å²) in [5.74, 6) is 1.52. The van der Waals surface area contributed by atoms with Crippen LogP contribution in [0.3, 0.4) is 0 Å². The highest BCUT2D eigenvalue weighted by Gasteiger charge is 2.60. The minimum absolute atomic E-state index is 0.156. The molecule has 210 valence electrons. The number of ether oxygens (including phenoxy) is 6. The second kappa shape index (κ2) is 9.63. The average Bonchev–Trinajstić information content (AvgIpc) is 3.01. The van der Waals surface area contributed by atoms with Gasteiger partial charge in [-0.2, -0.15) is 0 Å². The zero-order chi connectivity index (χ0) is 28.3. The van der Waals surface area contributed by atoms with E-state index in [2.05, 4.69) is 12.1 Å². The Hall–Kier alpha value is -4.36. The molecule has 2 bridgehead atoms. The van der Waals surface area contributed by atoms with Gasteiger partial charge in [0.1, 0.15) is 46.7 Å². The summed E-state index contributed by atoms with van der Waals surface area (Å²) >= 11 is 0. The van der Waals surface area contributed by atoms with E-state index in [1.54, 1.807) is 21.3 Å². The highest BCUT2D eigenvalue weighted by Crippen LogP contribution is 2.62. The Balaban J connectivity index is 1.52. The third kappa shape index (κ3) is 3.68. The Kier molecular flexibility index (Phi) is 6.01. The maximum Gasteiger partial charge on any atom is 0.305 e. The number of hydrogen-bond acceptors (Lipinski definition) is 7. The van der Waals surface area contributed by atoms with Gasteiger partial charge in [-0.1, -0.05) is 60.7 Å². The topological polar surface area (TPSA) is 75.6 Å². The second-order valence-corrected chi connectivity index (χ2v) is 10.7. The number of aliphatic hydroxyl groups is 1. The predicted octanol–water partition coefficient (Wildman–Crippen LogP) is 6.22. The van der Waals surface area contributed by atoms with E-state index in [4.69, 9.17) is 28.4 Å². The molecule has 4 aromatic carbocycles. The van der Waals surface area contributed by atoms with Gasteiger partial charge in [0.25, 0.3) is 0 Å². The predicted molar refractivity (Wildman–Crippen MR) is 153 cm³/mol. The molecule has 0 aromatic heterocycles. The molecule has 3 aliphatic rings. The van der Waals surface area contributed by atoms with E-state index in [0.29, 0.717) is 40.1 Å². The molecule has 0 spiro atoms. The van der Waals surface area contributed by atoms with Gasteiger partial charge in [0, 0.05) is 39.9 Å². The Bertz CT molecular complexity index is 1620. The van der Waals surface area contributed by atoms with Crippen LogP contribution in [0.15, 0.2) is 72.8 Å². The van der Waals surface area contributed by atoms with Gasteiger partial charge in [-0.25, -0.2) is 0 Å². The van der Waals surface area contributed by atoms with Crippen molar-refractivity contribution >= 4 is 0 Å². The average molecular weight is 553 g/mol. The Labute approximate surface area is 239 Å². The van der Waals surface area contributed by atoms with Crippen molar-refractivity contribution in [1.29, 1.82) is 0 Å². The van der Waals surface area contributed by atoms with Gasteiger partial charge >= 0.3 is 5.79 Å². The van der Waals surface area contributed by atoms with Gasteiger partial charge in [0.05, 0.1) is 27.2 Å².